The highest BCUT2D eigenvalue weighted by atomic mass is 35.5. The molecular weight excluding hydrogens is 402 g/mol. The predicted molar refractivity (Wildman–Crippen MR) is 115 cm³/mol. The molecule has 3 aromatic rings. The third-order valence-corrected chi connectivity index (χ3v) is 5.68. The third kappa shape index (κ3) is 4.28. The molecule has 0 aliphatic carbocycles. The number of amides is 1. The summed E-state index contributed by atoms with van der Waals surface area (Å²) in [6.07, 6.45) is 8.37. The van der Waals surface area contributed by atoms with Crippen LogP contribution in [0.15, 0.2) is 43.0 Å². The van der Waals surface area contributed by atoms with Gasteiger partial charge in [-0.1, -0.05) is 30.2 Å². The molecular formula is C21H24ClN7O. The SMILES string of the molecule is Cc1ccc(-n2nccn2)c(C(=O)N2CCCC(C)C2CNc2ncc(Cl)cn2)c1. The Balaban J connectivity index is 1.60. The molecule has 1 aromatic carbocycles. The van der Waals surface area contributed by atoms with Gasteiger partial charge in [0.05, 0.1) is 47.1 Å². The monoisotopic (exact) mass is 425 g/mol. The fourth-order valence-corrected chi connectivity index (χ4v) is 4.00. The summed E-state index contributed by atoms with van der Waals surface area (Å²) in [7, 11) is 0. The molecule has 2 unspecified atom stereocenters. The van der Waals surface area contributed by atoms with Crippen molar-refractivity contribution >= 4 is 23.5 Å². The van der Waals surface area contributed by atoms with Gasteiger partial charge in [-0.25, -0.2) is 9.97 Å². The van der Waals surface area contributed by atoms with Crippen molar-refractivity contribution in [2.75, 3.05) is 18.4 Å². The minimum absolute atomic E-state index is 0.0126. The van der Waals surface area contributed by atoms with Gasteiger partial charge in [0.1, 0.15) is 0 Å². The maximum absolute atomic E-state index is 13.7. The minimum Gasteiger partial charge on any atom is -0.352 e. The van der Waals surface area contributed by atoms with Gasteiger partial charge in [-0.3, -0.25) is 4.79 Å². The number of rotatable bonds is 5. The molecule has 1 N–H and O–H groups in total. The van der Waals surface area contributed by atoms with E-state index in [-0.39, 0.29) is 11.9 Å². The molecule has 2 aromatic heterocycles. The van der Waals surface area contributed by atoms with Crippen LogP contribution in [0.5, 0.6) is 0 Å². The molecule has 1 aliphatic heterocycles. The number of aryl methyl sites for hydroxylation is 1. The number of benzene rings is 1. The van der Waals surface area contributed by atoms with E-state index in [0.29, 0.717) is 41.2 Å². The molecule has 156 valence electrons. The lowest BCUT2D eigenvalue weighted by atomic mass is 9.90. The lowest BCUT2D eigenvalue weighted by Gasteiger charge is -2.40. The second-order valence-electron chi connectivity index (χ2n) is 7.63. The fourth-order valence-electron chi connectivity index (χ4n) is 3.90. The first-order chi connectivity index (χ1) is 14.5. The van der Waals surface area contributed by atoms with Crippen LogP contribution in [0.25, 0.3) is 5.69 Å². The molecule has 1 amide bonds. The van der Waals surface area contributed by atoms with Crippen LogP contribution in [0.1, 0.15) is 35.7 Å². The van der Waals surface area contributed by atoms with E-state index >= 15 is 0 Å². The van der Waals surface area contributed by atoms with Crippen LogP contribution >= 0.6 is 11.6 Å². The normalized spacial score (nSPS) is 19.0. The maximum Gasteiger partial charge on any atom is 0.256 e. The number of hydrogen-bond donors (Lipinski definition) is 1. The lowest BCUT2D eigenvalue weighted by Crippen LogP contribution is -2.51. The standard InChI is InChI=1S/C21H24ClN7O/c1-14-5-6-18(29-26-7-8-27-29)17(10-14)20(30)28-9-3-4-15(2)19(28)13-25-21-23-11-16(22)12-24-21/h5-8,10-12,15,19H,3-4,9,13H2,1-2H3,(H,23,24,25). The molecule has 0 saturated carbocycles. The van der Waals surface area contributed by atoms with Gasteiger partial charge in [0.15, 0.2) is 0 Å². The summed E-state index contributed by atoms with van der Waals surface area (Å²) in [5, 5.41) is 12.2. The van der Waals surface area contributed by atoms with Crippen LogP contribution in [0.4, 0.5) is 5.95 Å². The number of aromatic nitrogens is 5. The number of hydrogen-bond acceptors (Lipinski definition) is 6. The number of nitrogens with zero attached hydrogens (tertiary/aromatic N) is 6. The van der Waals surface area contributed by atoms with Crippen LogP contribution in [0.3, 0.4) is 0 Å². The van der Waals surface area contributed by atoms with Crippen molar-refractivity contribution < 1.29 is 4.79 Å². The Hall–Kier alpha value is -3.00. The van der Waals surface area contributed by atoms with Crippen LogP contribution in [-0.2, 0) is 0 Å². The van der Waals surface area contributed by atoms with Crippen molar-refractivity contribution in [3.05, 3.63) is 59.1 Å². The van der Waals surface area contributed by atoms with E-state index in [2.05, 4.69) is 32.4 Å². The van der Waals surface area contributed by atoms with Gasteiger partial charge >= 0.3 is 0 Å². The summed E-state index contributed by atoms with van der Waals surface area (Å²) in [5.41, 5.74) is 2.30. The fraction of sp³-hybridized carbons (Fsp3) is 0.381. The Morgan fingerprint density at radius 2 is 1.97 bits per heavy atom. The maximum atomic E-state index is 13.7. The molecule has 8 nitrogen and oxygen atoms in total. The number of nitrogens with one attached hydrogen (secondary N) is 1. The first-order valence-electron chi connectivity index (χ1n) is 10.0. The van der Waals surface area contributed by atoms with E-state index in [1.807, 2.05) is 30.0 Å². The van der Waals surface area contributed by atoms with E-state index in [4.69, 9.17) is 11.6 Å². The van der Waals surface area contributed by atoms with E-state index in [1.54, 1.807) is 24.8 Å². The van der Waals surface area contributed by atoms with Crippen LogP contribution in [0.2, 0.25) is 5.02 Å². The Bertz CT molecular complexity index is 1010. The minimum atomic E-state index is -0.0126. The Morgan fingerprint density at radius 1 is 1.23 bits per heavy atom. The Labute approximate surface area is 180 Å². The van der Waals surface area contributed by atoms with Crippen LogP contribution in [-0.4, -0.2) is 54.9 Å². The highest BCUT2D eigenvalue weighted by Gasteiger charge is 2.33. The zero-order chi connectivity index (χ0) is 21.1. The first-order valence-corrected chi connectivity index (χ1v) is 10.4. The van der Waals surface area contributed by atoms with Crippen molar-refractivity contribution in [3.63, 3.8) is 0 Å². The number of carbonyl (C=O) groups excluding carboxylic acids is 1. The van der Waals surface area contributed by atoms with Crippen molar-refractivity contribution in [1.29, 1.82) is 0 Å². The Morgan fingerprint density at radius 3 is 2.70 bits per heavy atom. The molecule has 1 saturated heterocycles. The average molecular weight is 426 g/mol. The molecule has 4 rings (SSSR count). The molecule has 0 radical (unpaired) electrons. The molecule has 30 heavy (non-hydrogen) atoms. The van der Waals surface area contributed by atoms with E-state index in [9.17, 15) is 4.79 Å². The molecule has 0 spiro atoms. The van der Waals surface area contributed by atoms with Crippen molar-refractivity contribution in [3.8, 4) is 5.69 Å². The van der Waals surface area contributed by atoms with E-state index in [0.717, 1.165) is 18.4 Å². The van der Waals surface area contributed by atoms with Crippen molar-refractivity contribution in [2.45, 2.75) is 32.7 Å². The van der Waals surface area contributed by atoms with E-state index < -0.39 is 0 Å². The zero-order valence-electron chi connectivity index (χ0n) is 17.0. The van der Waals surface area contributed by atoms with Crippen molar-refractivity contribution in [2.24, 2.45) is 5.92 Å². The van der Waals surface area contributed by atoms with Crippen LogP contribution in [0, 0.1) is 12.8 Å². The summed E-state index contributed by atoms with van der Waals surface area (Å²) >= 11 is 5.87. The molecule has 1 fully saturated rings. The molecule has 9 heteroatoms. The smallest absolute Gasteiger partial charge is 0.256 e. The van der Waals surface area contributed by atoms with Gasteiger partial charge in [0.25, 0.3) is 5.91 Å². The third-order valence-electron chi connectivity index (χ3n) is 5.48. The summed E-state index contributed by atoms with van der Waals surface area (Å²) < 4.78 is 0. The summed E-state index contributed by atoms with van der Waals surface area (Å²) in [4.78, 5) is 25.5. The van der Waals surface area contributed by atoms with Gasteiger partial charge in [-0.15, -0.1) is 0 Å². The molecule has 3 heterocycles. The molecule has 2 atom stereocenters. The van der Waals surface area contributed by atoms with Crippen LogP contribution < -0.4 is 5.32 Å². The highest BCUT2D eigenvalue weighted by molar-refractivity contribution is 6.30. The quantitative estimate of drug-likeness (QED) is 0.674. The van der Waals surface area contributed by atoms with Gasteiger partial charge in [-0.05, 0) is 37.8 Å². The predicted octanol–water partition coefficient (Wildman–Crippen LogP) is 3.37. The van der Waals surface area contributed by atoms with Gasteiger partial charge in [-0.2, -0.15) is 15.0 Å². The van der Waals surface area contributed by atoms with E-state index in [1.165, 1.54) is 4.80 Å². The second kappa shape index (κ2) is 8.79. The topological polar surface area (TPSA) is 88.8 Å². The number of likely N-dealkylation sites (tertiary alicyclic amines) is 1. The number of carbonyl (C=O) groups is 1. The Kier molecular flexibility index (Phi) is 5.94. The highest BCUT2D eigenvalue weighted by Crippen LogP contribution is 2.27. The zero-order valence-corrected chi connectivity index (χ0v) is 17.8. The van der Waals surface area contributed by atoms with Gasteiger partial charge in [0.2, 0.25) is 5.95 Å². The largest absolute Gasteiger partial charge is 0.352 e. The molecule has 1 aliphatic rings. The average Bonchev–Trinajstić information content (AvgIpc) is 3.28. The van der Waals surface area contributed by atoms with Gasteiger partial charge < -0.3 is 10.2 Å². The number of piperidine rings is 1. The van der Waals surface area contributed by atoms with Crippen molar-refractivity contribution in [1.82, 2.24) is 29.9 Å². The molecule has 0 bridgehead atoms. The summed E-state index contributed by atoms with van der Waals surface area (Å²) in [6.45, 7) is 5.43. The first kappa shape index (κ1) is 20.3. The lowest BCUT2D eigenvalue weighted by molar-refractivity contribution is 0.0539. The second-order valence-corrected chi connectivity index (χ2v) is 8.07. The summed E-state index contributed by atoms with van der Waals surface area (Å²) in [5.74, 6) is 0.835. The number of anilines is 1. The summed E-state index contributed by atoms with van der Waals surface area (Å²) in [6, 6.07) is 5.78. The van der Waals surface area contributed by atoms with Gasteiger partial charge in [0, 0.05) is 13.1 Å². The number of halogens is 1.